The molecule has 0 radical (unpaired) electrons. The zero-order valence-electron chi connectivity index (χ0n) is 23.2. The summed E-state index contributed by atoms with van der Waals surface area (Å²) in [5.74, 6) is -0.974. The molecule has 0 unspecified atom stereocenters. The van der Waals surface area contributed by atoms with Crippen LogP contribution in [-0.2, 0) is 4.74 Å². The highest BCUT2D eigenvalue weighted by Gasteiger charge is 2.22. The maximum absolute atomic E-state index is 13.2. The van der Waals surface area contributed by atoms with Gasteiger partial charge in [0.15, 0.2) is 27.5 Å². The van der Waals surface area contributed by atoms with E-state index in [1.54, 1.807) is 12.3 Å². The number of halogens is 2. The minimum atomic E-state index is -0.599. The van der Waals surface area contributed by atoms with E-state index >= 15 is 0 Å². The first-order valence-electron chi connectivity index (χ1n) is 13.7. The molecular formula is C26H33Cl2N11O3. The first kappa shape index (κ1) is 29.9. The summed E-state index contributed by atoms with van der Waals surface area (Å²) in [6, 6.07) is 5.51. The number of morpholine rings is 1. The molecule has 1 aromatic carbocycles. The third-order valence-corrected chi connectivity index (χ3v) is 7.70. The van der Waals surface area contributed by atoms with E-state index in [0.717, 1.165) is 71.1 Å². The quantitative estimate of drug-likeness (QED) is 0.298. The Kier molecular flexibility index (Phi) is 9.69. The Morgan fingerprint density at radius 1 is 1.02 bits per heavy atom. The van der Waals surface area contributed by atoms with Gasteiger partial charge in [-0.15, -0.1) is 5.10 Å². The summed E-state index contributed by atoms with van der Waals surface area (Å²) in [7, 11) is 2.07. The van der Waals surface area contributed by atoms with Crippen molar-refractivity contribution in [2.24, 2.45) is 0 Å². The smallest absolute Gasteiger partial charge is 0.277 e. The number of nitrogens with two attached hydrogens (primary N) is 1. The topological polar surface area (TPSA) is 160 Å². The van der Waals surface area contributed by atoms with E-state index in [4.69, 9.17) is 33.7 Å². The molecular weight excluding hydrogens is 585 g/mol. The van der Waals surface area contributed by atoms with E-state index in [9.17, 15) is 9.59 Å². The Morgan fingerprint density at radius 3 is 2.55 bits per heavy atom. The van der Waals surface area contributed by atoms with Gasteiger partial charge in [0.2, 0.25) is 0 Å². The van der Waals surface area contributed by atoms with Gasteiger partial charge in [-0.1, -0.05) is 28.4 Å². The van der Waals surface area contributed by atoms with Gasteiger partial charge in [-0.3, -0.25) is 14.5 Å². The molecule has 42 heavy (non-hydrogen) atoms. The molecule has 16 heteroatoms. The highest BCUT2D eigenvalue weighted by Crippen LogP contribution is 2.31. The average molecular weight is 619 g/mol. The van der Waals surface area contributed by atoms with Crippen molar-refractivity contribution in [1.29, 1.82) is 0 Å². The molecule has 2 aliphatic rings. The van der Waals surface area contributed by atoms with Gasteiger partial charge in [-0.25, -0.2) is 14.6 Å². The number of nitrogens with one attached hydrogen (secondary N) is 2. The van der Waals surface area contributed by atoms with E-state index in [1.807, 2.05) is 12.1 Å². The van der Waals surface area contributed by atoms with Gasteiger partial charge < -0.3 is 30.9 Å². The summed E-state index contributed by atoms with van der Waals surface area (Å²) >= 11 is 12.2. The summed E-state index contributed by atoms with van der Waals surface area (Å²) in [6.07, 6.45) is 2.38. The number of amides is 2. The van der Waals surface area contributed by atoms with Crippen molar-refractivity contribution in [1.82, 2.24) is 40.1 Å². The molecule has 2 aliphatic heterocycles. The Balaban J connectivity index is 1.31. The second-order valence-corrected chi connectivity index (χ2v) is 10.8. The van der Waals surface area contributed by atoms with E-state index < -0.39 is 5.91 Å². The Labute approximate surface area is 253 Å². The highest BCUT2D eigenvalue weighted by atomic mass is 35.5. The first-order valence-corrected chi connectivity index (χ1v) is 14.4. The van der Waals surface area contributed by atoms with Gasteiger partial charge in [0.05, 0.1) is 36.5 Å². The molecule has 2 aromatic heterocycles. The third kappa shape index (κ3) is 7.25. The van der Waals surface area contributed by atoms with Gasteiger partial charge in [-0.05, 0) is 38.2 Å². The maximum atomic E-state index is 13.2. The lowest BCUT2D eigenvalue weighted by Gasteiger charge is -2.35. The minimum absolute atomic E-state index is 0.0681. The second-order valence-electron chi connectivity index (χ2n) is 10.1. The predicted molar refractivity (Wildman–Crippen MR) is 160 cm³/mol. The minimum Gasteiger partial charge on any atom is -0.381 e. The fraction of sp³-hybridized carbons (Fsp3) is 0.462. The SMILES string of the molecule is CN1CCN(c2ccc(-n3cc(C(=O)NCCCN4CCOCC4)nn3)cc2NC(=O)c2nc(Cl)c(N)nc2Cl)CC1. The van der Waals surface area contributed by atoms with Crippen molar-refractivity contribution < 1.29 is 14.3 Å². The number of nitrogens with zero attached hydrogens (tertiary/aromatic N) is 8. The number of nitrogen functional groups attached to an aromatic ring is 1. The molecule has 0 saturated carbocycles. The molecule has 5 rings (SSSR count). The van der Waals surface area contributed by atoms with Crippen LogP contribution in [0, 0.1) is 0 Å². The van der Waals surface area contributed by atoms with Crippen LogP contribution < -0.4 is 21.3 Å². The zero-order valence-corrected chi connectivity index (χ0v) is 24.7. The van der Waals surface area contributed by atoms with Crippen LogP contribution in [0.5, 0.6) is 0 Å². The molecule has 3 aromatic rings. The number of carbonyl (C=O) groups is 2. The molecule has 224 valence electrons. The van der Waals surface area contributed by atoms with Crippen LogP contribution in [0.15, 0.2) is 24.4 Å². The molecule has 2 amide bonds. The summed E-state index contributed by atoms with van der Waals surface area (Å²) < 4.78 is 6.85. The summed E-state index contributed by atoms with van der Waals surface area (Å²) in [4.78, 5) is 40.6. The van der Waals surface area contributed by atoms with Crippen LogP contribution >= 0.6 is 23.2 Å². The number of aromatic nitrogens is 5. The molecule has 4 N–H and O–H groups in total. The lowest BCUT2D eigenvalue weighted by Crippen LogP contribution is -2.44. The summed E-state index contributed by atoms with van der Waals surface area (Å²) in [5.41, 5.74) is 7.60. The lowest BCUT2D eigenvalue weighted by molar-refractivity contribution is 0.0374. The largest absolute Gasteiger partial charge is 0.381 e. The number of carbonyl (C=O) groups excluding carboxylic acids is 2. The van der Waals surface area contributed by atoms with Crippen molar-refractivity contribution in [2.75, 3.05) is 88.6 Å². The standard InChI is InChI=1S/C26H33Cl2N11O3/c1-36-7-9-38(10-8-36)20-4-3-17(15-18(20)31-26(41)21-22(27)33-24(29)23(28)32-21)39-16-19(34-35-39)25(40)30-5-2-6-37-11-13-42-14-12-37/h3-4,15-16H,2,5-14H2,1H3,(H2,29,33)(H,30,40)(H,31,41). The van der Waals surface area contributed by atoms with Crippen molar-refractivity contribution >= 4 is 52.2 Å². The van der Waals surface area contributed by atoms with Crippen LogP contribution in [0.1, 0.15) is 27.4 Å². The highest BCUT2D eigenvalue weighted by molar-refractivity contribution is 6.35. The molecule has 0 spiro atoms. The molecule has 2 saturated heterocycles. The third-order valence-electron chi connectivity index (χ3n) is 7.15. The monoisotopic (exact) mass is 617 g/mol. The van der Waals surface area contributed by atoms with Crippen LogP contribution in [-0.4, -0.2) is 119 Å². The van der Waals surface area contributed by atoms with Crippen LogP contribution in [0.4, 0.5) is 17.2 Å². The Hall–Kier alpha value is -3.56. The van der Waals surface area contributed by atoms with Crippen molar-refractivity contribution in [2.45, 2.75) is 6.42 Å². The van der Waals surface area contributed by atoms with Crippen molar-refractivity contribution in [3.8, 4) is 5.69 Å². The van der Waals surface area contributed by atoms with Crippen molar-refractivity contribution in [3.05, 3.63) is 46.1 Å². The molecule has 0 bridgehead atoms. The van der Waals surface area contributed by atoms with Crippen LogP contribution in [0.3, 0.4) is 0 Å². The Bertz CT molecular complexity index is 1420. The van der Waals surface area contributed by atoms with Gasteiger partial charge in [0.25, 0.3) is 11.8 Å². The Morgan fingerprint density at radius 2 is 1.79 bits per heavy atom. The maximum Gasteiger partial charge on any atom is 0.277 e. The average Bonchev–Trinajstić information content (AvgIpc) is 3.49. The molecule has 0 aliphatic carbocycles. The molecule has 2 fully saturated rings. The second kappa shape index (κ2) is 13.6. The van der Waals surface area contributed by atoms with Gasteiger partial charge in [-0.2, -0.15) is 0 Å². The van der Waals surface area contributed by atoms with E-state index in [2.05, 4.69) is 52.7 Å². The molecule has 14 nitrogen and oxygen atoms in total. The van der Waals surface area contributed by atoms with Gasteiger partial charge in [0, 0.05) is 45.8 Å². The fourth-order valence-corrected chi connectivity index (χ4v) is 5.08. The molecule has 0 atom stereocenters. The van der Waals surface area contributed by atoms with Crippen LogP contribution in [0.2, 0.25) is 10.3 Å². The lowest BCUT2D eigenvalue weighted by atomic mass is 10.2. The number of hydrogen-bond acceptors (Lipinski definition) is 11. The van der Waals surface area contributed by atoms with E-state index in [1.165, 1.54) is 4.68 Å². The van der Waals surface area contributed by atoms with E-state index in [-0.39, 0.29) is 33.4 Å². The summed E-state index contributed by atoms with van der Waals surface area (Å²) in [5, 5.41) is 13.7. The molecule has 4 heterocycles. The number of benzene rings is 1. The predicted octanol–water partition coefficient (Wildman–Crippen LogP) is 1.40. The number of piperazine rings is 1. The number of hydrogen-bond donors (Lipinski definition) is 3. The number of ether oxygens (including phenoxy) is 1. The zero-order chi connectivity index (χ0) is 29.6. The number of anilines is 3. The normalized spacial score (nSPS) is 16.4. The van der Waals surface area contributed by atoms with Crippen molar-refractivity contribution in [3.63, 3.8) is 0 Å². The fourth-order valence-electron chi connectivity index (χ4n) is 4.74. The number of likely N-dealkylation sites (N-methyl/N-ethyl adjacent to an activating group) is 1. The number of rotatable bonds is 9. The van der Waals surface area contributed by atoms with Crippen LogP contribution in [0.25, 0.3) is 5.69 Å². The summed E-state index contributed by atoms with van der Waals surface area (Å²) in [6.45, 7) is 8.01. The van der Waals surface area contributed by atoms with Gasteiger partial charge >= 0.3 is 0 Å². The van der Waals surface area contributed by atoms with E-state index in [0.29, 0.717) is 17.9 Å². The first-order chi connectivity index (χ1) is 20.3. The van der Waals surface area contributed by atoms with Gasteiger partial charge in [0.1, 0.15) is 0 Å².